The van der Waals surface area contributed by atoms with Crippen molar-refractivity contribution >= 4 is 23.1 Å². The van der Waals surface area contributed by atoms with Crippen molar-refractivity contribution in [2.75, 3.05) is 18.6 Å². The number of hydrogen-bond donors (Lipinski definition) is 1. The average Bonchev–Trinajstić information content (AvgIpc) is 3.10. The molecule has 2 heterocycles. The summed E-state index contributed by atoms with van der Waals surface area (Å²) in [6.45, 7) is 2.31. The largest absolute Gasteiger partial charge is 0.507 e. The van der Waals surface area contributed by atoms with Crippen molar-refractivity contribution in [2.24, 2.45) is 0 Å². The Bertz CT molecular complexity index is 1190. The highest BCUT2D eigenvalue weighted by molar-refractivity contribution is 6.51. The summed E-state index contributed by atoms with van der Waals surface area (Å²) in [5.41, 5.74) is 1.26. The van der Waals surface area contributed by atoms with Gasteiger partial charge in [0.05, 0.1) is 25.0 Å². The van der Waals surface area contributed by atoms with Crippen LogP contribution in [0.2, 0.25) is 0 Å². The molecule has 0 aliphatic carbocycles. The first-order valence-electron chi connectivity index (χ1n) is 10.1. The molecule has 3 aromatic rings. The maximum Gasteiger partial charge on any atom is 0.300 e. The number of rotatable bonds is 6. The third-order valence-corrected chi connectivity index (χ3v) is 5.16. The molecular weight excluding hydrogens is 408 g/mol. The topological polar surface area (TPSA) is 89.0 Å². The van der Waals surface area contributed by atoms with Crippen LogP contribution >= 0.6 is 0 Å². The molecule has 0 saturated carbocycles. The van der Waals surface area contributed by atoms with Gasteiger partial charge < -0.3 is 14.6 Å². The number of ether oxygens (including phenoxy) is 2. The Labute approximate surface area is 185 Å². The maximum absolute atomic E-state index is 13.2. The summed E-state index contributed by atoms with van der Waals surface area (Å²) in [6, 6.07) is 17.9. The number of benzene rings is 2. The number of ketones is 1. The molecule has 1 atom stereocenters. The minimum absolute atomic E-state index is 0.0369. The van der Waals surface area contributed by atoms with Gasteiger partial charge >= 0.3 is 0 Å². The molecular formula is C25H22N2O5. The zero-order valence-corrected chi connectivity index (χ0v) is 17.7. The molecule has 7 heteroatoms. The van der Waals surface area contributed by atoms with E-state index in [0.717, 1.165) is 0 Å². The average molecular weight is 430 g/mol. The van der Waals surface area contributed by atoms with Crippen LogP contribution in [0.4, 0.5) is 5.69 Å². The number of aromatic nitrogens is 1. The van der Waals surface area contributed by atoms with E-state index in [4.69, 9.17) is 9.47 Å². The predicted molar refractivity (Wildman–Crippen MR) is 120 cm³/mol. The van der Waals surface area contributed by atoms with Gasteiger partial charge in [0.25, 0.3) is 11.7 Å². The number of Topliss-reactive ketones (excluding diaryl/α,β-unsaturated/α-hetero) is 1. The van der Waals surface area contributed by atoms with Gasteiger partial charge in [-0.2, -0.15) is 0 Å². The van der Waals surface area contributed by atoms with Crippen LogP contribution in [0, 0.1) is 0 Å². The molecule has 162 valence electrons. The molecule has 0 radical (unpaired) electrons. The monoisotopic (exact) mass is 430 g/mol. The van der Waals surface area contributed by atoms with Crippen LogP contribution in [-0.2, 0) is 9.59 Å². The molecule has 1 aliphatic rings. The van der Waals surface area contributed by atoms with Gasteiger partial charge in [0.2, 0.25) is 0 Å². The van der Waals surface area contributed by atoms with E-state index < -0.39 is 17.7 Å². The van der Waals surface area contributed by atoms with Gasteiger partial charge in [-0.25, -0.2) is 0 Å². The van der Waals surface area contributed by atoms with Gasteiger partial charge in [0.15, 0.2) is 0 Å². The first-order chi connectivity index (χ1) is 15.5. The number of hydrogen-bond acceptors (Lipinski definition) is 6. The van der Waals surface area contributed by atoms with E-state index in [-0.39, 0.29) is 11.3 Å². The van der Waals surface area contributed by atoms with Gasteiger partial charge in [-0.15, -0.1) is 0 Å². The number of amides is 1. The molecule has 0 spiro atoms. The van der Waals surface area contributed by atoms with Crippen LogP contribution in [0.1, 0.15) is 24.2 Å². The van der Waals surface area contributed by atoms with Gasteiger partial charge in [0.1, 0.15) is 23.3 Å². The standard InChI is InChI=1S/C25H22N2O5/c1-3-32-19-11-6-8-16(14-19)23(28)21-22(20-12-4-5-13-26-20)27(25(30)24(21)29)17-9-7-10-18(15-17)31-2/h4-15,22,28H,3H2,1-2H3/b23-21+. The van der Waals surface area contributed by atoms with E-state index in [1.165, 1.54) is 12.0 Å². The second-order valence-corrected chi connectivity index (χ2v) is 7.09. The van der Waals surface area contributed by atoms with Crippen molar-refractivity contribution < 1.29 is 24.2 Å². The zero-order valence-electron chi connectivity index (χ0n) is 17.7. The second kappa shape index (κ2) is 8.93. The van der Waals surface area contributed by atoms with Crippen molar-refractivity contribution in [3.05, 3.63) is 89.8 Å². The Kier molecular flexibility index (Phi) is 5.89. The summed E-state index contributed by atoms with van der Waals surface area (Å²) in [5, 5.41) is 11.2. The molecule has 4 rings (SSSR count). The number of pyridine rings is 1. The van der Waals surface area contributed by atoms with Crippen LogP contribution in [0.5, 0.6) is 11.5 Å². The van der Waals surface area contributed by atoms with Crippen molar-refractivity contribution in [3.63, 3.8) is 0 Å². The highest BCUT2D eigenvalue weighted by Gasteiger charge is 2.47. The Morgan fingerprint density at radius 1 is 1.03 bits per heavy atom. The molecule has 1 unspecified atom stereocenters. The van der Waals surface area contributed by atoms with E-state index in [2.05, 4.69) is 4.98 Å². The molecule has 1 amide bonds. The van der Waals surface area contributed by atoms with Crippen LogP contribution in [-0.4, -0.2) is 35.5 Å². The lowest BCUT2D eigenvalue weighted by Gasteiger charge is -2.24. The Morgan fingerprint density at radius 3 is 2.53 bits per heavy atom. The van der Waals surface area contributed by atoms with Crippen LogP contribution in [0.25, 0.3) is 5.76 Å². The lowest BCUT2D eigenvalue weighted by atomic mass is 9.98. The minimum atomic E-state index is -0.904. The summed E-state index contributed by atoms with van der Waals surface area (Å²) < 4.78 is 10.8. The predicted octanol–water partition coefficient (Wildman–Crippen LogP) is 4.12. The molecule has 2 aromatic carbocycles. The Balaban J connectivity index is 1.91. The quantitative estimate of drug-likeness (QED) is 0.360. The molecule has 32 heavy (non-hydrogen) atoms. The fraction of sp³-hybridized carbons (Fsp3) is 0.160. The van der Waals surface area contributed by atoms with E-state index in [0.29, 0.717) is 35.1 Å². The Hall–Kier alpha value is -4.13. The van der Waals surface area contributed by atoms with Crippen LogP contribution in [0.3, 0.4) is 0 Å². The summed E-state index contributed by atoms with van der Waals surface area (Å²) in [7, 11) is 1.52. The zero-order chi connectivity index (χ0) is 22.7. The van der Waals surface area contributed by atoms with E-state index in [9.17, 15) is 14.7 Å². The summed E-state index contributed by atoms with van der Waals surface area (Å²) in [5.74, 6) is -0.744. The number of aliphatic hydroxyl groups excluding tert-OH is 1. The third-order valence-electron chi connectivity index (χ3n) is 5.16. The van der Waals surface area contributed by atoms with Crippen LogP contribution in [0.15, 0.2) is 78.5 Å². The van der Waals surface area contributed by atoms with Crippen molar-refractivity contribution in [1.82, 2.24) is 4.98 Å². The van der Waals surface area contributed by atoms with E-state index in [1.54, 1.807) is 72.9 Å². The number of nitrogens with zero attached hydrogens (tertiary/aromatic N) is 2. The highest BCUT2D eigenvalue weighted by Crippen LogP contribution is 2.42. The van der Waals surface area contributed by atoms with Gasteiger partial charge in [-0.3, -0.25) is 19.5 Å². The number of carbonyl (C=O) groups is 2. The summed E-state index contributed by atoms with van der Waals surface area (Å²) in [6.07, 6.45) is 1.58. The highest BCUT2D eigenvalue weighted by atomic mass is 16.5. The van der Waals surface area contributed by atoms with Crippen molar-refractivity contribution in [1.29, 1.82) is 0 Å². The summed E-state index contributed by atoms with van der Waals surface area (Å²) >= 11 is 0. The van der Waals surface area contributed by atoms with Crippen molar-refractivity contribution in [3.8, 4) is 11.5 Å². The van der Waals surface area contributed by atoms with E-state index in [1.807, 2.05) is 6.92 Å². The summed E-state index contributed by atoms with van der Waals surface area (Å²) in [4.78, 5) is 32.0. The lowest BCUT2D eigenvalue weighted by molar-refractivity contribution is -0.132. The number of aliphatic hydroxyl groups is 1. The second-order valence-electron chi connectivity index (χ2n) is 7.09. The number of anilines is 1. The smallest absolute Gasteiger partial charge is 0.300 e. The van der Waals surface area contributed by atoms with Crippen molar-refractivity contribution in [2.45, 2.75) is 13.0 Å². The van der Waals surface area contributed by atoms with Gasteiger partial charge in [0, 0.05) is 23.5 Å². The minimum Gasteiger partial charge on any atom is -0.507 e. The molecule has 0 bridgehead atoms. The fourth-order valence-electron chi connectivity index (χ4n) is 3.73. The SMILES string of the molecule is CCOc1cccc(/C(O)=C2\C(=O)C(=O)N(c3cccc(OC)c3)C2c2ccccn2)c1. The number of carbonyl (C=O) groups excluding carboxylic acids is 2. The first kappa shape index (κ1) is 21.1. The molecule has 1 saturated heterocycles. The van der Waals surface area contributed by atoms with Gasteiger partial charge in [-0.1, -0.05) is 24.3 Å². The molecule has 1 fully saturated rings. The third kappa shape index (κ3) is 3.80. The van der Waals surface area contributed by atoms with E-state index >= 15 is 0 Å². The number of methoxy groups -OCH3 is 1. The fourth-order valence-corrected chi connectivity index (χ4v) is 3.73. The molecule has 1 aliphatic heterocycles. The first-order valence-corrected chi connectivity index (χ1v) is 10.1. The maximum atomic E-state index is 13.2. The molecule has 1 N–H and O–H groups in total. The van der Waals surface area contributed by atoms with Gasteiger partial charge in [-0.05, 0) is 43.3 Å². The lowest BCUT2D eigenvalue weighted by Crippen LogP contribution is -2.29. The van der Waals surface area contributed by atoms with Crippen LogP contribution < -0.4 is 14.4 Å². The molecule has 1 aromatic heterocycles. The Morgan fingerprint density at radius 2 is 1.81 bits per heavy atom. The normalized spacial score (nSPS) is 17.4. The molecule has 7 nitrogen and oxygen atoms in total.